The molecule has 2 aromatic carbocycles. The summed E-state index contributed by atoms with van der Waals surface area (Å²) in [7, 11) is 0. The van der Waals surface area contributed by atoms with Gasteiger partial charge in [-0.25, -0.2) is 13.8 Å². The van der Waals surface area contributed by atoms with Gasteiger partial charge in [0.15, 0.2) is 0 Å². The Balaban J connectivity index is 0.00000245. The van der Waals surface area contributed by atoms with Gasteiger partial charge in [0, 0.05) is 30.3 Å². The first-order chi connectivity index (χ1) is 15.0. The third-order valence-electron chi connectivity index (χ3n) is 6.04. The Hall–Kier alpha value is -2.58. The van der Waals surface area contributed by atoms with Gasteiger partial charge in [0.05, 0.1) is 11.6 Å². The van der Waals surface area contributed by atoms with Crippen LogP contribution in [0.1, 0.15) is 25.1 Å². The third kappa shape index (κ3) is 4.21. The molecule has 1 amide bonds. The first-order valence-corrected chi connectivity index (χ1v) is 10.7. The second-order valence-electron chi connectivity index (χ2n) is 8.03. The molecular formula is C23H23ClF2N4OS. The molecule has 1 fully saturated rings. The lowest BCUT2D eigenvalue weighted by molar-refractivity contribution is -0.139. The van der Waals surface area contributed by atoms with Crippen molar-refractivity contribution in [3.05, 3.63) is 64.9 Å². The second kappa shape index (κ2) is 9.11. The number of fused-ring (bicyclic) bond motifs is 1. The van der Waals surface area contributed by atoms with Crippen LogP contribution in [-0.4, -0.2) is 26.9 Å². The molecule has 1 saturated carbocycles. The summed E-state index contributed by atoms with van der Waals surface area (Å²) in [5.41, 5.74) is 1.89. The Morgan fingerprint density at radius 2 is 1.84 bits per heavy atom. The van der Waals surface area contributed by atoms with Crippen LogP contribution in [-0.2, 0) is 17.9 Å². The van der Waals surface area contributed by atoms with E-state index < -0.39 is 5.82 Å². The fourth-order valence-electron chi connectivity index (χ4n) is 4.08. The lowest BCUT2D eigenvalue weighted by Gasteiger charge is -2.34. The first-order valence-electron chi connectivity index (χ1n) is 10.4. The largest absolute Gasteiger partial charge is 0.340 e. The number of benzene rings is 2. The quantitative estimate of drug-likeness (QED) is 0.542. The predicted molar refractivity (Wildman–Crippen MR) is 125 cm³/mol. The maximum atomic E-state index is 14.0. The highest BCUT2D eigenvalue weighted by Crippen LogP contribution is 2.35. The van der Waals surface area contributed by atoms with E-state index >= 15 is 0 Å². The van der Waals surface area contributed by atoms with Crippen molar-refractivity contribution in [1.29, 1.82) is 0 Å². The molecular weight excluding hydrogens is 454 g/mol. The SMILES string of the molecule is O=C(C1CCC1)N1CCn2c(nc(-c3ccc(F)cc3)c2Nc2ccc(Cl)c(F)c2)C1.S. The number of hydrogen-bond donors (Lipinski definition) is 1. The molecule has 5 nitrogen and oxygen atoms in total. The maximum Gasteiger partial charge on any atom is 0.226 e. The molecule has 0 unspecified atom stereocenters. The number of anilines is 2. The number of rotatable bonds is 4. The zero-order valence-electron chi connectivity index (χ0n) is 17.2. The Bertz CT molecular complexity index is 1150. The van der Waals surface area contributed by atoms with E-state index in [-0.39, 0.29) is 36.2 Å². The van der Waals surface area contributed by atoms with Crippen LogP contribution in [0.25, 0.3) is 11.3 Å². The van der Waals surface area contributed by atoms with Crippen LogP contribution < -0.4 is 5.32 Å². The Morgan fingerprint density at radius 1 is 1.09 bits per heavy atom. The molecule has 168 valence electrons. The van der Waals surface area contributed by atoms with Gasteiger partial charge < -0.3 is 14.8 Å². The minimum absolute atomic E-state index is 0. The number of aromatic nitrogens is 2. The van der Waals surface area contributed by atoms with Crippen molar-refractivity contribution >= 4 is 42.5 Å². The molecule has 1 N–H and O–H groups in total. The second-order valence-corrected chi connectivity index (χ2v) is 8.43. The number of amides is 1. The highest BCUT2D eigenvalue weighted by atomic mass is 35.5. The van der Waals surface area contributed by atoms with Crippen LogP contribution in [0.2, 0.25) is 5.02 Å². The summed E-state index contributed by atoms with van der Waals surface area (Å²) in [5, 5.41) is 3.30. The number of imidazole rings is 1. The van der Waals surface area contributed by atoms with E-state index in [9.17, 15) is 13.6 Å². The van der Waals surface area contributed by atoms with Crippen molar-refractivity contribution in [3.63, 3.8) is 0 Å². The van der Waals surface area contributed by atoms with Crippen molar-refractivity contribution in [3.8, 4) is 11.3 Å². The highest BCUT2D eigenvalue weighted by molar-refractivity contribution is 7.59. The van der Waals surface area contributed by atoms with Crippen LogP contribution in [0.4, 0.5) is 20.3 Å². The van der Waals surface area contributed by atoms with Crippen LogP contribution in [0, 0.1) is 17.6 Å². The average molecular weight is 477 g/mol. The summed E-state index contributed by atoms with van der Waals surface area (Å²) in [6, 6.07) is 10.6. The molecule has 2 aliphatic rings. The molecule has 1 aromatic heterocycles. The predicted octanol–water partition coefficient (Wildman–Crippen LogP) is 5.48. The Labute approximate surface area is 196 Å². The molecule has 9 heteroatoms. The topological polar surface area (TPSA) is 50.2 Å². The van der Waals surface area contributed by atoms with E-state index in [4.69, 9.17) is 16.6 Å². The van der Waals surface area contributed by atoms with Gasteiger partial charge in [-0.15, -0.1) is 0 Å². The van der Waals surface area contributed by atoms with E-state index in [2.05, 4.69) is 5.32 Å². The van der Waals surface area contributed by atoms with Gasteiger partial charge >= 0.3 is 0 Å². The van der Waals surface area contributed by atoms with Crippen LogP contribution in [0.15, 0.2) is 42.5 Å². The van der Waals surface area contributed by atoms with Crippen LogP contribution >= 0.6 is 25.1 Å². The number of nitrogens with one attached hydrogen (secondary N) is 1. The summed E-state index contributed by atoms with van der Waals surface area (Å²) >= 11 is 5.81. The fraction of sp³-hybridized carbons (Fsp3) is 0.304. The molecule has 0 atom stereocenters. The summed E-state index contributed by atoms with van der Waals surface area (Å²) in [4.78, 5) is 19.4. The third-order valence-corrected chi connectivity index (χ3v) is 6.35. The van der Waals surface area contributed by atoms with Crippen LogP contribution in [0.5, 0.6) is 0 Å². The molecule has 0 radical (unpaired) electrons. The van der Waals surface area contributed by atoms with E-state index in [1.54, 1.807) is 18.2 Å². The summed E-state index contributed by atoms with van der Waals surface area (Å²) < 4.78 is 29.5. The van der Waals surface area contributed by atoms with Crippen molar-refractivity contribution in [1.82, 2.24) is 14.5 Å². The summed E-state index contributed by atoms with van der Waals surface area (Å²) in [5.74, 6) is 0.894. The van der Waals surface area contributed by atoms with E-state index in [1.807, 2.05) is 9.47 Å². The molecule has 1 aliphatic carbocycles. The number of halogens is 3. The number of carbonyl (C=O) groups is 1. The molecule has 2 heterocycles. The minimum atomic E-state index is -0.523. The van der Waals surface area contributed by atoms with Gasteiger partial charge in [0.1, 0.15) is 29.0 Å². The maximum absolute atomic E-state index is 14.0. The molecule has 0 bridgehead atoms. The van der Waals surface area contributed by atoms with Gasteiger partial charge in [0.2, 0.25) is 5.91 Å². The van der Waals surface area contributed by atoms with E-state index in [0.29, 0.717) is 36.8 Å². The number of nitrogens with zero attached hydrogens (tertiary/aromatic N) is 3. The van der Waals surface area contributed by atoms with Gasteiger partial charge in [-0.3, -0.25) is 4.79 Å². The Morgan fingerprint density at radius 3 is 2.50 bits per heavy atom. The highest BCUT2D eigenvalue weighted by Gasteiger charge is 2.33. The fourth-order valence-corrected chi connectivity index (χ4v) is 4.20. The lowest BCUT2D eigenvalue weighted by Crippen LogP contribution is -2.43. The smallest absolute Gasteiger partial charge is 0.226 e. The van der Waals surface area contributed by atoms with Crippen molar-refractivity contribution in [2.75, 3.05) is 11.9 Å². The lowest BCUT2D eigenvalue weighted by atomic mass is 9.84. The molecule has 0 spiro atoms. The van der Waals surface area contributed by atoms with Crippen molar-refractivity contribution in [2.24, 2.45) is 5.92 Å². The number of hydrogen-bond acceptors (Lipinski definition) is 3. The average Bonchev–Trinajstić information content (AvgIpc) is 3.07. The van der Waals surface area contributed by atoms with Gasteiger partial charge in [0.25, 0.3) is 0 Å². The van der Waals surface area contributed by atoms with E-state index in [0.717, 1.165) is 30.7 Å². The summed E-state index contributed by atoms with van der Waals surface area (Å²) in [6.07, 6.45) is 3.03. The van der Waals surface area contributed by atoms with Crippen LogP contribution in [0.3, 0.4) is 0 Å². The van der Waals surface area contributed by atoms with Crippen molar-refractivity contribution < 1.29 is 13.6 Å². The Kier molecular flexibility index (Phi) is 6.44. The van der Waals surface area contributed by atoms with Crippen molar-refractivity contribution in [2.45, 2.75) is 32.4 Å². The molecule has 0 saturated heterocycles. The molecule has 5 rings (SSSR count). The summed E-state index contributed by atoms with van der Waals surface area (Å²) in [6.45, 7) is 1.58. The molecule has 3 aromatic rings. The minimum Gasteiger partial charge on any atom is -0.340 e. The van der Waals surface area contributed by atoms with Gasteiger partial charge in [-0.1, -0.05) is 18.0 Å². The van der Waals surface area contributed by atoms with Gasteiger partial charge in [-0.2, -0.15) is 13.5 Å². The normalized spacial score (nSPS) is 15.5. The first kappa shape index (κ1) is 22.6. The molecule has 1 aliphatic heterocycles. The van der Waals surface area contributed by atoms with Gasteiger partial charge in [-0.05, 0) is 55.3 Å². The number of carbonyl (C=O) groups excluding carboxylic acids is 1. The molecule has 32 heavy (non-hydrogen) atoms. The monoisotopic (exact) mass is 476 g/mol. The zero-order valence-corrected chi connectivity index (χ0v) is 19.0. The zero-order chi connectivity index (χ0) is 21.5. The standard InChI is InChI=1S/C23H21ClF2N4O.H2S/c24-18-9-8-17(12-19(18)26)27-22-21(14-4-6-16(25)7-5-14)28-20-13-29(10-11-30(20)22)23(31)15-2-1-3-15;/h4-9,12,15,27H,1-3,10-11,13H2;1H2. The van der Waals surface area contributed by atoms with E-state index in [1.165, 1.54) is 24.3 Å².